The van der Waals surface area contributed by atoms with Gasteiger partial charge in [-0.1, -0.05) is 13.0 Å². The summed E-state index contributed by atoms with van der Waals surface area (Å²) in [5.74, 6) is 0.475. The third-order valence-electron chi connectivity index (χ3n) is 4.16. The number of methoxy groups -OCH3 is 1. The Hall–Kier alpha value is -1.71. The van der Waals surface area contributed by atoms with Gasteiger partial charge in [-0.3, -0.25) is 4.79 Å². The molecule has 1 aliphatic heterocycles. The van der Waals surface area contributed by atoms with Gasteiger partial charge in [-0.15, -0.1) is 0 Å². The summed E-state index contributed by atoms with van der Waals surface area (Å²) in [5, 5.41) is 9.15. The maximum absolute atomic E-state index is 11.1. The SMILES string of the molecule is CCC(CC1CCN(c2cccc(OC)c2)C1)C(=O)O. The van der Waals surface area contributed by atoms with Crippen LogP contribution < -0.4 is 9.64 Å². The quantitative estimate of drug-likeness (QED) is 0.868. The monoisotopic (exact) mass is 277 g/mol. The van der Waals surface area contributed by atoms with E-state index >= 15 is 0 Å². The molecule has 1 fully saturated rings. The molecule has 2 rings (SSSR count). The molecule has 2 atom stereocenters. The summed E-state index contributed by atoms with van der Waals surface area (Å²) in [6, 6.07) is 8.05. The number of carbonyl (C=O) groups is 1. The highest BCUT2D eigenvalue weighted by Gasteiger charge is 2.27. The molecule has 0 bridgehead atoms. The van der Waals surface area contributed by atoms with Gasteiger partial charge in [-0.05, 0) is 37.3 Å². The van der Waals surface area contributed by atoms with Crippen LogP contribution >= 0.6 is 0 Å². The lowest BCUT2D eigenvalue weighted by Crippen LogP contribution is -2.22. The van der Waals surface area contributed by atoms with Crippen molar-refractivity contribution in [2.24, 2.45) is 11.8 Å². The van der Waals surface area contributed by atoms with Crippen LogP contribution in [0.4, 0.5) is 5.69 Å². The number of rotatable bonds is 6. The molecule has 0 amide bonds. The van der Waals surface area contributed by atoms with Crippen LogP contribution in [0, 0.1) is 11.8 Å². The summed E-state index contributed by atoms with van der Waals surface area (Å²) in [6.45, 7) is 3.89. The number of hydrogen-bond donors (Lipinski definition) is 1. The topological polar surface area (TPSA) is 49.8 Å². The van der Waals surface area contributed by atoms with E-state index in [1.165, 1.54) is 0 Å². The zero-order valence-corrected chi connectivity index (χ0v) is 12.2. The molecule has 0 aromatic heterocycles. The number of hydrogen-bond acceptors (Lipinski definition) is 3. The maximum atomic E-state index is 11.1. The Balaban J connectivity index is 1.96. The average molecular weight is 277 g/mol. The van der Waals surface area contributed by atoms with Crippen molar-refractivity contribution in [2.45, 2.75) is 26.2 Å². The van der Waals surface area contributed by atoms with Gasteiger partial charge in [0.05, 0.1) is 13.0 Å². The van der Waals surface area contributed by atoms with E-state index in [4.69, 9.17) is 9.84 Å². The molecule has 4 nitrogen and oxygen atoms in total. The number of nitrogens with zero attached hydrogens (tertiary/aromatic N) is 1. The molecule has 1 aromatic carbocycles. The Bertz CT molecular complexity index is 461. The molecule has 0 radical (unpaired) electrons. The summed E-state index contributed by atoms with van der Waals surface area (Å²) < 4.78 is 5.25. The Morgan fingerprint density at radius 2 is 2.35 bits per heavy atom. The summed E-state index contributed by atoms with van der Waals surface area (Å²) in [5.41, 5.74) is 1.16. The molecular formula is C16H23NO3. The van der Waals surface area contributed by atoms with Gasteiger partial charge in [0.2, 0.25) is 0 Å². The molecule has 1 aliphatic rings. The molecular weight excluding hydrogens is 254 g/mol. The van der Waals surface area contributed by atoms with E-state index in [1.807, 2.05) is 25.1 Å². The maximum Gasteiger partial charge on any atom is 0.306 e. The molecule has 1 saturated heterocycles. The standard InChI is InChI=1S/C16H23NO3/c1-3-13(16(18)19)9-12-7-8-17(11-12)14-5-4-6-15(10-14)20-2/h4-6,10,12-13H,3,7-9,11H2,1-2H3,(H,18,19). The van der Waals surface area contributed by atoms with Gasteiger partial charge in [0, 0.05) is 24.8 Å². The first-order chi connectivity index (χ1) is 9.63. The van der Waals surface area contributed by atoms with Gasteiger partial charge in [-0.25, -0.2) is 0 Å². The third kappa shape index (κ3) is 3.44. The summed E-state index contributed by atoms with van der Waals surface area (Å²) in [7, 11) is 1.67. The van der Waals surface area contributed by atoms with Gasteiger partial charge < -0.3 is 14.7 Å². The van der Waals surface area contributed by atoms with Gasteiger partial charge >= 0.3 is 5.97 Å². The van der Waals surface area contributed by atoms with E-state index in [-0.39, 0.29) is 5.92 Å². The first kappa shape index (κ1) is 14.7. The second kappa shape index (κ2) is 6.64. The van der Waals surface area contributed by atoms with Crippen molar-refractivity contribution in [3.63, 3.8) is 0 Å². The van der Waals surface area contributed by atoms with E-state index in [1.54, 1.807) is 7.11 Å². The fraction of sp³-hybridized carbons (Fsp3) is 0.562. The van der Waals surface area contributed by atoms with Gasteiger partial charge in [0.25, 0.3) is 0 Å². The molecule has 1 heterocycles. The average Bonchev–Trinajstić information content (AvgIpc) is 2.93. The van der Waals surface area contributed by atoms with E-state index in [0.717, 1.165) is 37.4 Å². The minimum atomic E-state index is -0.660. The fourth-order valence-corrected chi connectivity index (χ4v) is 2.91. The lowest BCUT2D eigenvalue weighted by Gasteiger charge is -2.20. The number of aliphatic carboxylic acids is 1. The number of carboxylic acids is 1. The largest absolute Gasteiger partial charge is 0.497 e. The predicted octanol–water partition coefficient (Wildman–Crippen LogP) is 3.02. The van der Waals surface area contributed by atoms with Crippen LogP contribution in [0.3, 0.4) is 0 Å². The smallest absolute Gasteiger partial charge is 0.306 e. The van der Waals surface area contributed by atoms with Crippen LogP contribution in [0.2, 0.25) is 0 Å². The van der Waals surface area contributed by atoms with Crippen LogP contribution in [0.25, 0.3) is 0 Å². The Labute approximate surface area is 120 Å². The number of benzene rings is 1. The first-order valence-electron chi connectivity index (χ1n) is 7.25. The molecule has 0 saturated carbocycles. The van der Waals surface area contributed by atoms with Crippen LogP contribution in [0.15, 0.2) is 24.3 Å². The second-order valence-electron chi connectivity index (χ2n) is 5.48. The fourth-order valence-electron chi connectivity index (χ4n) is 2.91. The minimum Gasteiger partial charge on any atom is -0.497 e. The Morgan fingerprint density at radius 3 is 3.00 bits per heavy atom. The Morgan fingerprint density at radius 1 is 1.55 bits per heavy atom. The zero-order valence-electron chi connectivity index (χ0n) is 12.2. The molecule has 0 spiro atoms. The molecule has 20 heavy (non-hydrogen) atoms. The van der Waals surface area contributed by atoms with Gasteiger partial charge in [0.1, 0.15) is 5.75 Å². The molecule has 1 N–H and O–H groups in total. The summed E-state index contributed by atoms with van der Waals surface area (Å²) >= 11 is 0. The van der Waals surface area contributed by atoms with Crippen molar-refractivity contribution in [2.75, 3.05) is 25.1 Å². The molecule has 0 aliphatic carbocycles. The Kier molecular flexibility index (Phi) is 4.88. The number of ether oxygens (including phenoxy) is 1. The van der Waals surface area contributed by atoms with Crippen LogP contribution in [-0.2, 0) is 4.79 Å². The van der Waals surface area contributed by atoms with E-state index < -0.39 is 5.97 Å². The van der Waals surface area contributed by atoms with Crippen molar-refractivity contribution >= 4 is 11.7 Å². The lowest BCUT2D eigenvalue weighted by molar-refractivity contribution is -0.142. The zero-order chi connectivity index (χ0) is 14.5. The van der Waals surface area contributed by atoms with Crippen molar-refractivity contribution < 1.29 is 14.6 Å². The number of carboxylic acid groups (broad SMARTS) is 1. The first-order valence-corrected chi connectivity index (χ1v) is 7.25. The minimum absolute atomic E-state index is 0.203. The van der Waals surface area contributed by atoms with E-state index in [0.29, 0.717) is 12.3 Å². The molecule has 1 aromatic rings. The van der Waals surface area contributed by atoms with Crippen molar-refractivity contribution in [1.29, 1.82) is 0 Å². The van der Waals surface area contributed by atoms with Gasteiger partial charge in [-0.2, -0.15) is 0 Å². The lowest BCUT2D eigenvalue weighted by atomic mass is 9.92. The summed E-state index contributed by atoms with van der Waals surface area (Å²) in [6.07, 6.45) is 2.57. The van der Waals surface area contributed by atoms with E-state index in [2.05, 4.69) is 11.0 Å². The second-order valence-corrected chi connectivity index (χ2v) is 5.48. The molecule has 110 valence electrons. The summed E-state index contributed by atoms with van der Waals surface area (Å²) in [4.78, 5) is 13.4. The van der Waals surface area contributed by atoms with Gasteiger partial charge in [0.15, 0.2) is 0 Å². The number of anilines is 1. The van der Waals surface area contributed by atoms with E-state index in [9.17, 15) is 4.79 Å². The highest BCUT2D eigenvalue weighted by Crippen LogP contribution is 2.30. The normalized spacial score (nSPS) is 19.9. The molecule has 4 heteroatoms. The third-order valence-corrected chi connectivity index (χ3v) is 4.16. The predicted molar refractivity (Wildman–Crippen MR) is 79.3 cm³/mol. The van der Waals surface area contributed by atoms with Crippen molar-refractivity contribution in [1.82, 2.24) is 0 Å². The van der Waals surface area contributed by atoms with Crippen molar-refractivity contribution in [3.05, 3.63) is 24.3 Å². The van der Waals surface area contributed by atoms with Crippen molar-refractivity contribution in [3.8, 4) is 5.75 Å². The van der Waals surface area contributed by atoms with Crippen LogP contribution in [0.5, 0.6) is 5.75 Å². The molecule has 2 unspecified atom stereocenters. The highest BCUT2D eigenvalue weighted by molar-refractivity contribution is 5.69. The highest BCUT2D eigenvalue weighted by atomic mass is 16.5. The van der Waals surface area contributed by atoms with Crippen LogP contribution in [0.1, 0.15) is 26.2 Å². The van der Waals surface area contributed by atoms with Crippen LogP contribution in [-0.4, -0.2) is 31.3 Å².